The van der Waals surface area contributed by atoms with E-state index in [9.17, 15) is 0 Å². The SMILES string of the molecule is COCCN(C)c1ccc2nc(C3CCCC3)nc(N3CCC(c4ccccc4OC)CC3)c2c1. The van der Waals surface area contributed by atoms with E-state index in [1.807, 2.05) is 0 Å². The summed E-state index contributed by atoms with van der Waals surface area (Å²) in [6.07, 6.45) is 7.18. The molecule has 0 spiro atoms. The van der Waals surface area contributed by atoms with E-state index in [0.29, 0.717) is 18.4 Å². The van der Waals surface area contributed by atoms with Crippen LogP contribution in [0.5, 0.6) is 5.75 Å². The maximum Gasteiger partial charge on any atom is 0.140 e. The standard InChI is InChI=1S/C29H38N4O2/c1-32(18-19-34-2)23-12-13-26-25(20-23)29(31-28(30-26)22-8-4-5-9-22)33-16-14-21(15-17-33)24-10-6-7-11-27(24)35-3/h6-7,10-13,20-22H,4-5,8-9,14-19H2,1-3H3. The summed E-state index contributed by atoms with van der Waals surface area (Å²) in [5.41, 5.74) is 3.57. The molecule has 0 bridgehead atoms. The molecular weight excluding hydrogens is 436 g/mol. The van der Waals surface area contributed by atoms with Crippen LogP contribution in [-0.4, -0.2) is 57.5 Å². The molecule has 6 heteroatoms. The van der Waals surface area contributed by atoms with Crippen molar-refractivity contribution in [2.24, 2.45) is 0 Å². The van der Waals surface area contributed by atoms with E-state index in [2.05, 4.69) is 59.3 Å². The molecule has 2 heterocycles. The van der Waals surface area contributed by atoms with Gasteiger partial charge in [0.2, 0.25) is 0 Å². The number of para-hydroxylation sites is 1. The number of benzene rings is 2. The molecule has 0 radical (unpaired) electrons. The number of likely N-dealkylation sites (N-methyl/N-ethyl adjacent to an activating group) is 1. The summed E-state index contributed by atoms with van der Waals surface area (Å²) in [5, 5.41) is 1.16. The summed E-state index contributed by atoms with van der Waals surface area (Å²) in [6.45, 7) is 3.53. The van der Waals surface area contributed by atoms with Crippen LogP contribution in [0.2, 0.25) is 0 Å². The highest BCUT2D eigenvalue weighted by molar-refractivity contribution is 5.92. The van der Waals surface area contributed by atoms with Crippen molar-refractivity contribution in [2.75, 3.05) is 57.3 Å². The zero-order chi connectivity index (χ0) is 24.2. The Bertz CT molecular complexity index is 1140. The number of ether oxygens (including phenoxy) is 2. The van der Waals surface area contributed by atoms with Gasteiger partial charge in [-0.05, 0) is 61.4 Å². The van der Waals surface area contributed by atoms with Gasteiger partial charge in [-0.25, -0.2) is 9.97 Å². The molecule has 6 nitrogen and oxygen atoms in total. The van der Waals surface area contributed by atoms with Crippen molar-refractivity contribution >= 4 is 22.4 Å². The van der Waals surface area contributed by atoms with E-state index in [0.717, 1.165) is 60.8 Å². The van der Waals surface area contributed by atoms with Crippen molar-refractivity contribution in [1.29, 1.82) is 0 Å². The van der Waals surface area contributed by atoms with Gasteiger partial charge in [-0.2, -0.15) is 0 Å². The van der Waals surface area contributed by atoms with Gasteiger partial charge in [0.25, 0.3) is 0 Å². The average Bonchev–Trinajstić information content (AvgIpc) is 3.46. The number of hydrogen-bond acceptors (Lipinski definition) is 6. The predicted octanol–water partition coefficient (Wildman–Crippen LogP) is 5.76. The smallest absolute Gasteiger partial charge is 0.140 e. The van der Waals surface area contributed by atoms with Gasteiger partial charge in [-0.1, -0.05) is 31.0 Å². The van der Waals surface area contributed by atoms with Crippen LogP contribution < -0.4 is 14.5 Å². The fourth-order valence-electron chi connectivity index (χ4n) is 5.73. The van der Waals surface area contributed by atoms with Crippen molar-refractivity contribution in [3.05, 3.63) is 53.9 Å². The van der Waals surface area contributed by atoms with Crippen molar-refractivity contribution in [3.8, 4) is 5.75 Å². The first-order valence-corrected chi connectivity index (χ1v) is 13.1. The van der Waals surface area contributed by atoms with E-state index in [-0.39, 0.29) is 0 Å². The molecule has 0 unspecified atom stereocenters. The molecule has 1 aliphatic heterocycles. The number of methoxy groups -OCH3 is 2. The minimum atomic E-state index is 0.494. The summed E-state index contributed by atoms with van der Waals surface area (Å²) in [7, 11) is 5.64. The molecule has 186 valence electrons. The van der Waals surface area contributed by atoms with E-state index in [1.54, 1.807) is 14.2 Å². The first-order chi connectivity index (χ1) is 17.2. The summed E-state index contributed by atoms with van der Waals surface area (Å²) in [4.78, 5) is 15.0. The third kappa shape index (κ3) is 5.08. The summed E-state index contributed by atoms with van der Waals surface area (Å²) >= 11 is 0. The molecule has 1 saturated carbocycles. The molecule has 0 amide bonds. The van der Waals surface area contributed by atoms with Crippen LogP contribution in [0.15, 0.2) is 42.5 Å². The maximum absolute atomic E-state index is 5.66. The van der Waals surface area contributed by atoms with Gasteiger partial charge < -0.3 is 19.3 Å². The number of fused-ring (bicyclic) bond motifs is 1. The van der Waals surface area contributed by atoms with Crippen molar-refractivity contribution < 1.29 is 9.47 Å². The number of nitrogens with zero attached hydrogens (tertiary/aromatic N) is 4. The van der Waals surface area contributed by atoms with E-state index < -0.39 is 0 Å². The Morgan fingerprint density at radius 2 is 1.71 bits per heavy atom. The molecule has 1 aromatic heterocycles. The first-order valence-electron chi connectivity index (χ1n) is 13.1. The van der Waals surface area contributed by atoms with Crippen molar-refractivity contribution in [2.45, 2.75) is 50.4 Å². The number of hydrogen-bond donors (Lipinski definition) is 0. The van der Waals surface area contributed by atoms with Gasteiger partial charge in [-0.15, -0.1) is 0 Å². The fraction of sp³-hybridized carbons (Fsp3) is 0.517. The Hall–Kier alpha value is -2.86. The molecule has 2 fully saturated rings. The highest BCUT2D eigenvalue weighted by atomic mass is 16.5. The molecule has 35 heavy (non-hydrogen) atoms. The van der Waals surface area contributed by atoms with Gasteiger partial charge in [-0.3, -0.25) is 0 Å². The van der Waals surface area contributed by atoms with E-state index in [4.69, 9.17) is 19.4 Å². The van der Waals surface area contributed by atoms with E-state index in [1.165, 1.54) is 36.9 Å². The van der Waals surface area contributed by atoms with Gasteiger partial charge in [0, 0.05) is 50.8 Å². The minimum Gasteiger partial charge on any atom is -0.496 e. The number of aromatic nitrogens is 2. The summed E-state index contributed by atoms with van der Waals surface area (Å²) < 4.78 is 10.9. The van der Waals surface area contributed by atoms with Crippen LogP contribution in [0.3, 0.4) is 0 Å². The summed E-state index contributed by atoms with van der Waals surface area (Å²) in [5.74, 6) is 4.16. The second-order valence-corrected chi connectivity index (χ2v) is 10.0. The van der Waals surface area contributed by atoms with Crippen LogP contribution in [-0.2, 0) is 4.74 Å². The first kappa shape index (κ1) is 23.9. The van der Waals surface area contributed by atoms with Crippen LogP contribution in [0, 0.1) is 0 Å². The quantitative estimate of drug-likeness (QED) is 0.414. The predicted molar refractivity (Wildman–Crippen MR) is 143 cm³/mol. The van der Waals surface area contributed by atoms with Crippen LogP contribution in [0.4, 0.5) is 11.5 Å². The Kier molecular flexibility index (Phi) is 7.37. The molecule has 2 aromatic carbocycles. The normalized spacial score (nSPS) is 17.3. The molecule has 1 aliphatic carbocycles. The minimum absolute atomic E-state index is 0.494. The lowest BCUT2D eigenvalue weighted by Gasteiger charge is -2.34. The monoisotopic (exact) mass is 474 g/mol. The summed E-state index contributed by atoms with van der Waals surface area (Å²) in [6, 6.07) is 15.1. The molecule has 0 atom stereocenters. The lowest BCUT2D eigenvalue weighted by molar-refractivity contribution is 0.206. The Balaban J connectivity index is 1.46. The second kappa shape index (κ2) is 10.8. The molecule has 3 aromatic rings. The van der Waals surface area contributed by atoms with Gasteiger partial charge in [0.05, 0.1) is 19.2 Å². The highest BCUT2D eigenvalue weighted by Crippen LogP contribution is 2.39. The van der Waals surface area contributed by atoms with Crippen LogP contribution in [0.25, 0.3) is 10.9 Å². The fourth-order valence-corrected chi connectivity index (χ4v) is 5.73. The highest BCUT2D eigenvalue weighted by Gasteiger charge is 2.27. The third-order valence-corrected chi connectivity index (χ3v) is 7.84. The van der Waals surface area contributed by atoms with Gasteiger partial charge in [0.15, 0.2) is 0 Å². The average molecular weight is 475 g/mol. The number of piperidine rings is 1. The van der Waals surface area contributed by atoms with Crippen molar-refractivity contribution in [1.82, 2.24) is 9.97 Å². The van der Waals surface area contributed by atoms with Crippen molar-refractivity contribution in [3.63, 3.8) is 0 Å². The molecule has 0 N–H and O–H groups in total. The van der Waals surface area contributed by atoms with Crippen LogP contribution >= 0.6 is 0 Å². The van der Waals surface area contributed by atoms with Gasteiger partial charge in [0.1, 0.15) is 17.4 Å². The zero-order valence-corrected chi connectivity index (χ0v) is 21.4. The number of anilines is 2. The molecule has 5 rings (SSSR count). The topological polar surface area (TPSA) is 50.7 Å². The Labute approximate surface area is 209 Å². The molecule has 1 saturated heterocycles. The molecular formula is C29H38N4O2. The van der Waals surface area contributed by atoms with E-state index >= 15 is 0 Å². The van der Waals surface area contributed by atoms with Gasteiger partial charge >= 0.3 is 0 Å². The maximum atomic E-state index is 5.66. The molecule has 2 aliphatic rings. The van der Waals surface area contributed by atoms with Crippen LogP contribution in [0.1, 0.15) is 61.7 Å². The Morgan fingerprint density at radius 1 is 0.943 bits per heavy atom. The lowest BCUT2D eigenvalue weighted by Crippen LogP contribution is -2.34. The Morgan fingerprint density at radius 3 is 2.46 bits per heavy atom. The lowest BCUT2D eigenvalue weighted by atomic mass is 9.88. The largest absolute Gasteiger partial charge is 0.496 e. The zero-order valence-electron chi connectivity index (χ0n) is 21.4. The third-order valence-electron chi connectivity index (χ3n) is 7.84. The second-order valence-electron chi connectivity index (χ2n) is 10.0. The number of rotatable bonds is 8.